The van der Waals surface area contributed by atoms with Crippen molar-refractivity contribution in [2.24, 2.45) is 0 Å². The molecule has 12 nitrogen and oxygen atoms in total. The Morgan fingerprint density at radius 1 is 0.608 bits per heavy atom. The number of amides is 2. The van der Waals surface area contributed by atoms with Gasteiger partial charge in [0.15, 0.2) is 26.2 Å². The van der Waals surface area contributed by atoms with Crippen molar-refractivity contribution in [1.82, 2.24) is 10.3 Å². The molecule has 0 unspecified atom stereocenters. The third-order valence-corrected chi connectivity index (χ3v) is 14.4. The van der Waals surface area contributed by atoms with Crippen molar-refractivity contribution in [3.8, 4) is 0 Å². The van der Waals surface area contributed by atoms with Gasteiger partial charge in [-0.25, -0.2) is 16.8 Å². The topological polar surface area (TPSA) is 179 Å². The molecule has 0 aliphatic heterocycles. The van der Waals surface area contributed by atoms with Crippen LogP contribution in [0, 0.1) is 0 Å². The van der Waals surface area contributed by atoms with Gasteiger partial charge in [0.2, 0.25) is 21.7 Å². The molecule has 3 heterocycles. The van der Waals surface area contributed by atoms with Crippen molar-refractivity contribution in [2.45, 2.75) is 125 Å². The molecule has 0 bridgehead atoms. The minimum absolute atomic E-state index is 0.0904. The van der Waals surface area contributed by atoms with Crippen LogP contribution in [0.3, 0.4) is 0 Å². The first kappa shape index (κ1) is 41.6. The molecule has 0 aliphatic rings. The number of nitrogens with zero attached hydrogens (tertiary/aromatic N) is 2. The molecule has 2 amide bonds. The van der Waals surface area contributed by atoms with Crippen molar-refractivity contribution >= 4 is 54.5 Å². The smallest absolute Gasteiger partial charge is 0.246 e. The van der Waals surface area contributed by atoms with Crippen LogP contribution in [0.5, 0.6) is 0 Å². The monoisotopic (exact) mass is 762 g/mol. The molecule has 0 atom stereocenters. The number of anilines is 2. The predicted octanol–water partition coefficient (Wildman–Crippen LogP) is 7.69. The van der Waals surface area contributed by atoms with E-state index >= 15 is 0 Å². The van der Waals surface area contributed by atoms with Crippen molar-refractivity contribution in [3.05, 3.63) is 71.0 Å². The Morgan fingerprint density at radius 3 is 1.35 bits per heavy atom. The van der Waals surface area contributed by atoms with E-state index in [-0.39, 0.29) is 37.0 Å². The summed E-state index contributed by atoms with van der Waals surface area (Å²) in [4.78, 5) is 25.3. The summed E-state index contributed by atoms with van der Waals surface area (Å²) in [5, 5.41) is 14.4. The molecule has 0 aliphatic carbocycles. The first-order valence-corrected chi connectivity index (χ1v) is 20.1. The fourth-order valence-corrected chi connectivity index (χ4v) is 8.43. The average molecular weight is 763 g/mol. The summed E-state index contributed by atoms with van der Waals surface area (Å²) < 4.78 is 58.7. The summed E-state index contributed by atoms with van der Waals surface area (Å²) in [5.74, 6) is 0.282. The van der Waals surface area contributed by atoms with Crippen LogP contribution in [0.2, 0.25) is 0 Å². The van der Waals surface area contributed by atoms with Gasteiger partial charge in [-0.2, -0.15) is 0 Å². The van der Waals surface area contributed by atoms with Gasteiger partial charge in [-0.3, -0.25) is 9.59 Å². The van der Waals surface area contributed by atoms with Gasteiger partial charge in [0, 0.05) is 23.0 Å². The largest absolute Gasteiger partial charge is 0.359 e. The third-order valence-electron chi connectivity index (χ3n) is 8.21. The summed E-state index contributed by atoms with van der Waals surface area (Å²) in [5.41, 5.74) is 0.402. The average Bonchev–Trinajstić information content (AvgIpc) is 3.79. The van der Waals surface area contributed by atoms with Crippen LogP contribution >= 0.6 is 11.3 Å². The van der Waals surface area contributed by atoms with Gasteiger partial charge >= 0.3 is 0 Å². The number of nitrogens with one attached hydrogen (secondary N) is 2. The van der Waals surface area contributed by atoms with E-state index in [2.05, 4.69) is 41.7 Å². The summed E-state index contributed by atoms with van der Waals surface area (Å²) in [6, 6.07) is 13.0. The van der Waals surface area contributed by atoms with Crippen molar-refractivity contribution in [1.29, 1.82) is 0 Å². The molecule has 0 fully saturated rings. The van der Waals surface area contributed by atoms with Crippen LogP contribution in [-0.2, 0) is 45.5 Å². The van der Waals surface area contributed by atoms with E-state index in [0.717, 1.165) is 16.9 Å². The highest BCUT2D eigenvalue weighted by Crippen LogP contribution is 2.32. The Bertz CT molecular complexity index is 2050. The second-order valence-corrected chi connectivity index (χ2v) is 22.5. The Labute approximate surface area is 305 Å². The van der Waals surface area contributed by atoms with Gasteiger partial charge in [0.1, 0.15) is 20.5 Å². The summed E-state index contributed by atoms with van der Waals surface area (Å²) in [6.07, 6.45) is 0. The number of hydrogen-bond acceptors (Lipinski definition) is 11. The highest BCUT2D eigenvalue weighted by atomic mass is 32.2. The van der Waals surface area contributed by atoms with Gasteiger partial charge < -0.3 is 19.7 Å². The SMILES string of the molecule is CC(C)(C)c1cc(NC(=O)C(C)(C)S(=O)(=O)c2cccs2)no1.CC(C)(C)c1ccc(S(=O)(=O)C(C)(C)C(=O)Nc2cc(C(C)(C)C)on2)cc1. The van der Waals surface area contributed by atoms with Crippen LogP contribution in [0.15, 0.2) is 72.1 Å². The molecule has 0 radical (unpaired) electrons. The molecule has 0 spiro atoms. The van der Waals surface area contributed by atoms with Gasteiger partial charge in [0.05, 0.1) is 4.90 Å². The molecule has 4 rings (SSSR count). The Balaban J connectivity index is 0.000000281. The van der Waals surface area contributed by atoms with E-state index in [1.807, 2.05) is 41.5 Å². The Kier molecular flexibility index (Phi) is 11.7. The highest BCUT2D eigenvalue weighted by Gasteiger charge is 2.45. The van der Waals surface area contributed by atoms with E-state index in [1.54, 1.807) is 47.8 Å². The van der Waals surface area contributed by atoms with Crippen LogP contribution in [0.4, 0.5) is 11.6 Å². The van der Waals surface area contributed by atoms with Crippen LogP contribution in [-0.4, -0.2) is 48.5 Å². The van der Waals surface area contributed by atoms with Gasteiger partial charge in [0.25, 0.3) is 0 Å². The zero-order chi connectivity index (χ0) is 39.0. The minimum atomic E-state index is -3.91. The first-order valence-electron chi connectivity index (χ1n) is 16.2. The molecule has 1 aromatic carbocycles. The van der Waals surface area contributed by atoms with Gasteiger partial charge in [-0.05, 0) is 62.3 Å². The number of rotatable bonds is 8. The molecule has 15 heteroatoms. The maximum atomic E-state index is 13.1. The quantitative estimate of drug-likeness (QED) is 0.181. The number of sulfone groups is 2. The van der Waals surface area contributed by atoms with Crippen molar-refractivity contribution in [2.75, 3.05) is 10.6 Å². The number of carbonyl (C=O) groups is 2. The number of hydrogen-bond donors (Lipinski definition) is 2. The number of carbonyl (C=O) groups excluding carboxylic acids is 2. The molecule has 2 N–H and O–H groups in total. The van der Waals surface area contributed by atoms with E-state index in [9.17, 15) is 26.4 Å². The van der Waals surface area contributed by atoms with Gasteiger partial charge in [-0.1, -0.05) is 90.8 Å². The molecule has 280 valence electrons. The Hall–Kier alpha value is -3.82. The summed E-state index contributed by atoms with van der Waals surface area (Å²) >= 11 is 1.09. The second-order valence-electron chi connectivity index (χ2n) is 16.3. The molecule has 0 saturated heterocycles. The summed E-state index contributed by atoms with van der Waals surface area (Å²) in [6.45, 7) is 23.4. The second kappa shape index (κ2) is 14.3. The molecule has 3 aromatic heterocycles. The van der Waals surface area contributed by atoms with E-state index in [0.29, 0.717) is 11.5 Å². The number of aromatic nitrogens is 2. The fourth-order valence-electron chi connectivity index (χ4n) is 4.25. The Morgan fingerprint density at radius 2 is 1.02 bits per heavy atom. The van der Waals surface area contributed by atoms with Crippen LogP contribution in [0.1, 0.15) is 107 Å². The minimum Gasteiger partial charge on any atom is -0.359 e. The van der Waals surface area contributed by atoms with Crippen molar-refractivity contribution in [3.63, 3.8) is 0 Å². The fraction of sp³-hybridized carbons (Fsp3) is 0.500. The lowest BCUT2D eigenvalue weighted by atomic mass is 9.87. The number of benzene rings is 1. The zero-order valence-electron chi connectivity index (χ0n) is 31.6. The zero-order valence-corrected chi connectivity index (χ0v) is 34.0. The molecular formula is C36H50N4O8S3. The standard InChI is InChI=1S/C21H30N2O4S.C15H20N2O4S2/c1-19(2,3)14-9-11-15(12-10-14)28(25,26)21(7,8)18(24)22-17-13-16(27-23-17)20(4,5)6;1-14(2,3)10-9-11(17-21-10)16-13(18)15(4,5)23(19,20)12-7-6-8-22-12/h9-13H,1-8H3,(H,22,23,24);6-9H,1-5H3,(H,16,17,18). The lowest BCUT2D eigenvalue weighted by molar-refractivity contribution is -0.118. The molecule has 4 aromatic rings. The first-order chi connectivity index (χ1) is 23.0. The van der Waals surface area contributed by atoms with E-state index in [4.69, 9.17) is 9.05 Å². The van der Waals surface area contributed by atoms with Gasteiger partial charge in [-0.15, -0.1) is 11.3 Å². The summed E-state index contributed by atoms with van der Waals surface area (Å²) in [7, 11) is -7.70. The van der Waals surface area contributed by atoms with E-state index < -0.39 is 41.0 Å². The highest BCUT2D eigenvalue weighted by molar-refractivity contribution is 7.95. The predicted molar refractivity (Wildman–Crippen MR) is 200 cm³/mol. The number of thiophene rings is 1. The van der Waals surface area contributed by atoms with Crippen LogP contribution < -0.4 is 10.6 Å². The molecular weight excluding hydrogens is 713 g/mol. The van der Waals surface area contributed by atoms with E-state index in [1.165, 1.54) is 33.8 Å². The maximum absolute atomic E-state index is 13.1. The lowest BCUT2D eigenvalue weighted by Crippen LogP contribution is -2.44. The maximum Gasteiger partial charge on any atom is 0.246 e. The normalized spacial score (nSPS) is 13.3. The molecule has 51 heavy (non-hydrogen) atoms. The van der Waals surface area contributed by atoms with Crippen LogP contribution in [0.25, 0.3) is 0 Å². The lowest BCUT2D eigenvalue weighted by Gasteiger charge is -2.24. The van der Waals surface area contributed by atoms with Crippen molar-refractivity contribution < 1.29 is 35.5 Å². The molecule has 0 saturated carbocycles. The third kappa shape index (κ3) is 9.16.